The minimum atomic E-state index is -0.389. The van der Waals surface area contributed by atoms with Crippen molar-refractivity contribution in [2.24, 2.45) is 10.1 Å². The maximum Gasteiger partial charge on any atom is 0.281 e. The molecule has 1 atom stereocenters. The molecule has 86 valence electrons. The van der Waals surface area contributed by atoms with Crippen LogP contribution >= 0.6 is 0 Å². The second-order valence-electron chi connectivity index (χ2n) is 3.62. The Morgan fingerprint density at radius 3 is 2.88 bits per heavy atom. The lowest BCUT2D eigenvalue weighted by Crippen LogP contribution is -2.40. The van der Waals surface area contributed by atoms with Gasteiger partial charge in [-0.05, 0) is 0 Å². The van der Waals surface area contributed by atoms with Crippen molar-refractivity contribution in [2.75, 3.05) is 7.11 Å². The Kier molecular flexibility index (Phi) is 2.29. The molecule has 2 heterocycles. The number of nitrogens with zero attached hydrogens (tertiary/aromatic N) is 3. The number of benzene rings is 1. The summed E-state index contributed by atoms with van der Waals surface area (Å²) in [5.41, 5.74) is 0.997. The third-order valence-electron chi connectivity index (χ3n) is 2.62. The van der Waals surface area contributed by atoms with Crippen molar-refractivity contribution in [3.63, 3.8) is 0 Å². The zero-order valence-electron chi connectivity index (χ0n) is 9.28. The lowest BCUT2D eigenvalue weighted by molar-refractivity contribution is 0.0607. The third-order valence-corrected chi connectivity index (χ3v) is 2.62. The summed E-state index contributed by atoms with van der Waals surface area (Å²) in [6.07, 6.45) is 3.11. The Labute approximate surface area is 98.7 Å². The van der Waals surface area contributed by atoms with Crippen LogP contribution in [0.4, 0.5) is 0 Å². The Balaban J connectivity index is 1.92. The molecule has 1 unspecified atom stereocenters. The van der Waals surface area contributed by atoms with E-state index in [0.29, 0.717) is 5.90 Å². The summed E-state index contributed by atoms with van der Waals surface area (Å²) in [6, 6.07) is 9.85. The van der Waals surface area contributed by atoms with Gasteiger partial charge in [-0.25, -0.2) is 4.99 Å². The highest BCUT2D eigenvalue weighted by Crippen LogP contribution is 2.22. The molecule has 0 saturated heterocycles. The van der Waals surface area contributed by atoms with E-state index in [1.54, 1.807) is 13.3 Å². The number of methoxy groups -OCH3 is 1. The molecule has 0 N–H and O–H groups in total. The average molecular weight is 229 g/mol. The largest absolute Gasteiger partial charge is 0.480 e. The molecule has 0 aliphatic carbocycles. The molecule has 2 aliphatic heterocycles. The van der Waals surface area contributed by atoms with Gasteiger partial charge in [0.25, 0.3) is 12.1 Å². The van der Waals surface area contributed by atoms with Gasteiger partial charge in [0.05, 0.1) is 7.11 Å². The number of rotatable bonds is 1. The number of ether oxygens (including phenoxy) is 1. The van der Waals surface area contributed by atoms with Crippen LogP contribution in [0.2, 0.25) is 0 Å². The fourth-order valence-electron chi connectivity index (χ4n) is 1.81. The first-order valence-corrected chi connectivity index (χ1v) is 5.26. The number of fused-ring (bicyclic) bond motifs is 1. The SMILES string of the molecule is COC1=NC=CN2C(c3ccccc3)=NOC12. The van der Waals surface area contributed by atoms with Crippen LogP contribution in [0.25, 0.3) is 0 Å². The quantitative estimate of drug-likeness (QED) is 0.733. The minimum absolute atomic E-state index is 0.389. The van der Waals surface area contributed by atoms with Gasteiger partial charge in [0.15, 0.2) is 5.84 Å². The predicted octanol–water partition coefficient (Wildman–Crippen LogP) is 1.54. The van der Waals surface area contributed by atoms with Crippen molar-refractivity contribution in [3.8, 4) is 0 Å². The van der Waals surface area contributed by atoms with Gasteiger partial charge in [-0.3, -0.25) is 4.90 Å². The van der Waals surface area contributed by atoms with E-state index in [4.69, 9.17) is 9.57 Å². The molecule has 1 aromatic rings. The van der Waals surface area contributed by atoms with Crippen LogP contribution in [0.5, 0.6) is 0 Å². The maximum absolute atomic E-state index is 5.33. The summed E-state index contributed by atoms with van der Waals surface area (Å²) in [5.74, 6) is 1.26. The summed E-state index contributed by atoms with van der Waals surface area (Å²) >= 11 is 0. The highest BCUT2D eigenvalue weighted by molar-refractivity contribution is 6.03. The molecule has 0 spiro atoms. The van der Waals surface area contributed by atoms with Gasteiger partial charge in [-0.1, -0.05) is 35.5 Å². The zero-order valence-corrected chi connectivity index (χ0v) is 9.28. The van der Waals surface area contributed by atoms with E-state index >= 15 is 0 Å². The van der Waals surface area contributed by atoms with Crippen molar-refractivity contribution in [2.45, 2.75) is 6.23 Å². The van der Waals surface area contributed by atoms with Crippen LogP contribution in [0.3, 0.4) is 0 Å². The fraction of sp³-hybridized carbons (Fsp3) is 0.167. The zero-order chi connectivity index (χ0) is 11.7. The minimum Gasteiger partial charge on any atom is -0.480 e. The van der Waals surface area contributed by atoms with Gasteiger partial charge in [0, 0.05) is 18.0 Å². The monoisotopic (exact) mass is 229 g/mol. The molecule has 0 aromatic heterocycles. The van der Waals surface area contributed by atoms with E-state index in [2.05, 4.69) is 10.1 Å². The molecular weight excluding hydrogens is 218 g/mol. The molecule has 2 aliphatic rings. The van der Waals surface area contributed by atoms with E-state index in [-0.39, 0.29) is 6.23 Å². The van der Waals surface area contributed by atoms with Crippen LogP contribution in [-0.4, -0.2) is 30.0 Å². The van der Waals surface area contributed by atoms with E-state index < -0.39 is 0 Å². The highest BCUT2D eigenvalue weighted by Gasteiger charge is 2.36. The summed E-state index contributed by atoms with van der Waals surface area (Å²) in [4.78, 5) is 11.3. The number of oxime groups is 1. The van der Waals surface area contributed by atoms with Crippen LogP contribution in [0.15, 0.2) is 52.9 Å². The molecule has 5 heteroatoms. The summed E-state index contributed by atoms with van der Waals surface area (Å²) in [6.45, 7) is 0. The van der Waals surface area contributed by atoms with Gasteiger partial charge in [0.2, 0.25) is 0 Å². The lowest BCUT2D eigenvalue weighted by Gasteiger charge is -2.23. The molecule has 0 amide bonds. The Hall–Kier alpha value is -2.30. The van der Waals surface area contributed by atoms with Gasteiger partial charge < -0.3 is 9.57 Å². The van der Waals surface area contributed by atoms with Crippen LogP contribution in [0, 0.1) is 0 Å². The van der Waals surface area contributed by atoms with Crippen molar-refractivity contribution < 1.29 is 9.57 Å². The molecular formula is C12H11N3O2. The molecule has 17 heavy (non-hydrogen) atoms. The van der Waals surface area contributed by atoms with Crippen molar-refractivity contribution in [1.29, 1.82) is 0 Å². The van der Waals surface area contributed by atoms with E-state index in [1.165, 1.54) is 0 Å². The number of amidine groups is 1. The predicted molar refractivity (Wildman–Crippen MR) is 63.3 cm³/mol. The van der Waals surface area contributed by atoms with E-state index in [9.17, 15) is 0 Å². The topological polar surface area (TPSA) is 46.4 Å². The molecule has 5 nitrogen and oxygen atoms in total. The molecule has 0 saturated carbocycles. The molecule has 1 aromatic carbocycles. The van der Waals surface area contributed by atoms with Gasteiger partial charge in [-0.2, -0.15) is 0 Å². The molecule has 3 rings (SSSR count). The first-order chi connectivity index (χ1) is 8.40. The highest BCUT2D eigenvalue weighted by atomic mass is 16.7. The maximum atomic E-state index is 5.33. The second kappa shape index (κ2) is 3.93. The van der Waals surface area contributed by atoms with Crippen LogP contribution < -0.4 is 0 Å². The van der Waals surface area contributed by atoms with Crippen molar-refractivity contribution >= 4 is 11.7 Å². The van der Waals surface area contributed by atoms with Crippen LogP contribution in [-0.2, 0) is 9.57 Å². The fourth-order valence-corrected chi connectivity index (χ4v) is 1.81. The Morgan fingerprint density at radius 1 is 1.29 bits per heavy atom. The van der Waals surface area contributed by atoms with Crippen molar-refractivity contribution in [1.82, 2.24) is 4.90 Å². The smallest absolute Gasteiger partial charge is 0.281 e. The number of hydrogen-bond donors (Lipinski definition) is 0. The third kappa shape index (κ3) is 1.56. The molecule has 0 bridgehead atoms. The first-order valence-electron chi connectivity index (χ1n) is 5.26. The van der Waals surface area contributed by atoms with Crippen molar-refractivity contribution in [3.05, 3.63) is 48.3 Å². The number of hydrogen-bond acceptors (Lipinski definition) is 5. The van der Waals surface area contributed by atoms with Gasteiger partial charge in [-0.15, -0.1) is 0 Å². The Morgan fingerprint density at radius 2 is 2.12 bits per heavy atom. The van der Waals surface area contributed by atoms with Gasteiger partial charge in [0.1, 0.15) is 0 Å². The van der Waals surface area contributed by atoms with Gasteiger partial charge >= 0.3 is 0 Å². The van der Waals surface area contributed by atoms with Crippen LogP contribution in [0.1, 0.15) is 5.56 Å². The summed E-state index contributed by atoms with van der Waals surface area (Å²) in [7, 11) is 1.57. The number of aliphatic imine (C=N–C) groups is 1. The first kappa shape index (κ1) is 9.89. The summed E-state index contributed by atoms with van der Waals surface area (Å²) < 4.78 is 5.15. The second-order valence-corrected chi connectivity index (χ2v) is 3.62. The lowest BCUT2D eigenvalue weighted by atomic mass is 10.2. The molecule has 0 fully saturated rings. The average Bonchev–Trinajstić information content (AvgIpc) is 2.83. The normalized spacial score (nSPS) is 21.5. The summed E-state index contributed by atoms with van der Waals surface area (Å²) in [5, 5.41) is 4.08. The Bertz CT molecular complexity index is 508. The van der Waals surface area contributed by atoms with E-state index in [1.807, 2.05) is 41.4 Å². The van der Waals surface area contributed by atoms with E-state index in [0.717, 1.165) is 11.4 Å². The molecule has 0 radical (unpaired) electrons. The standard InChI is InChI=1S/C12H11N3O2/c1-16-11-12-15(8-7-13-11)10(14-17-12)9-5-3-2-4-6-9/h2-8,12H,1H3.